The molecule has 18 heavy (non-hydrogen) atoms. The van der Waals surface area contributed by atoms with Gasteiger partial charge in [-0.25, -0.2) is 4.79 Å². The lowest BCUT2D eigenvalue weighted by Crippen LogP contribution is -2.48. The van der Waals surface area contributed by atoms with Crippen LogP contribution in [0, 0.1) is 11.8 Å². The molecule has 0 aromatic rings. The monoisotopic (exact) mass is 257 g/mol. The number of carbonyl (C=O) groups is 2. The summed E-state index contributed by atoms with van der Waals surface area (Å²) in [6, 6.07) is -0.818. The molecule has 1 aliphatic rings. The predicted octanol–water partition coefficient (Wildman–Crippen LogP) is 1.42. The van der Waals surface area contributed by atoms with Crippen molar-refractivity contribution in [3.63, 3.8) is 0 Å². The molecule has 104 valence electrons. The van der Waals surface area contributed by atoms with Gasteiger partial charge in [0.05, 0.1) is 6.61 Å². The fraction of sp³-hybridized carbons (Fsp3) is 0.846. The molecule has 1 amide bonds. The number of hydrogen-bond donors (Lipinski definition) is 2. The number of carbonyl (C=O) groups excluding carboxylic acids is 1. The zero-order valence-electron chi connectivity index (χ0n) is 11.1. The Hall–Kier alpha value is -1.10. The summed E-state index contributed by atoms with van der Waals surface area (Å²) < 4.78 is 5.28. The molecule has 0 aromatic carbocycles. The summed E-state index contributed by atoms with van der Waals surface area (Å²) >= 11 is 0. The van der Waals surface area contributed by atoms with Gasteiger partial charge in [-0.15, -0.1) is 0 Å². The summed E-state index contributed by atoms with van der Waals surface area (Å²) in [4.78, 5) is 23.0. The molecule has 2 N–H and O–H groups in total. The molecule has 1 heterocycles. The lowest BCUT2D eigenvalue weighted by molar-refractivity contribution is -0.145. The van der Waals surface area contributed by atoms with Gasteiger partial charge >= 0.3 is 5.97 Å². The zero-order chi connectivity index (χ0) is 13.5. The maximum atomic E-state index is 11.8. The van der Waals surface area contributed by atoms with Crippen molar-refractivity contribution in [1.82, 2.24) is 5.32 Å². The van der Waals surface area contributed by atoms with Crippen LogP contribution < -0.4 is 5.32 Å². The van der Waals surface area contributed by atoms with Gasteiger partial charge in [0.2, 0.25) is 5.91 Å². The van der Waals surface area contributed by atoms with E-state index >= 15 is 0 Å². The Morgan fingerprint density at radius 2 is 2.22 bits per heavy atom. The Kier molecular flexibility index (Phi) is 6.12. The summed E-state index contributed by atoms with van der Waals surface area (Å²) in [5.74, 6) is -0.982. The topological polar surface area (TPSA) is 75.6 Å². The first-order valence-corrected chi connectivity index (χ1v) is 6.64. The van der Waals surface area contributed by atoms with E-state index in [0.717, 1.165) is 19.3 Å². The molecule has 1 fully saturated rings. The third-order valence-electron chi connectivity index (χ3n) is 3.48. The molecular formula is C13H23NO4. The van der Waals surface area contributed by atoms with Crippen LogP contribution in [-0.4, -0.2) is 36.2 Å². The fourth-order valence-corrected chi connectivity index (χ4v) is 2.10. The van der Waals surface area contributed by atoms with Crippen LogP contribution in [0.3, 0.4) is 0 Å². The summed E-state index contributed by atoms with van der Waals surface area (Å²) in [6.45, 7) is 5.10. The van der Waals surface area contributed by atoms with Crippen LogP contribution in [-0.2, 0) is 14.3 Å². The molecule has 5 nitrogen and oxygen atoms in total. The van der Waals surface area contributed by atoms with Crippen LogP contribution in [0.2, 0.25) is 0 Å². The van der Waals surface area contributed by atoms with Crippen molar-refractivity contribution in [2.24, 2.45) is 11.8 Å². The van der Waals surface area contributed by atoms with Crippen LogP contribution >= 0.6 is 0 Å². The maximum absolute atomic E-state index is 11.8. The van der Waals surface area contributed by atoms with Gasteiger partial charge in [-0.1, -0.05) is 20.3 Å². The van der Waals surface area contributed by atoms with Gasteiger partial charge in [0, 0.05) is 18.9 Å². The molecular weight excluding hydrogens is 234 g/mol. The Balaban J connectivity index is 2.51. The number of carboxylic acid groups (broad SMARTS) is 1. The minimum Gasteiger partial charge on any atom is -0.480 e. The number of aliphatic carboxylic acids is 1. The Labute approximate surface area is 108 Å². The molecule has 0 saturated carbocycles. The van der Waals surface area contributed by atoms with Crippen molar-refractivity contribution in [3.05, 3.63) is 0 Å². The van der Waals surface area contributed by atoms with E-state index in [0.29, 0.717) is 19.6 Å². The quantitative estimate of drug-likeness (QED) is 0.754. The smallest absolute Gasteiger partial charge is 0.326 e. The minimum atomic E-state index is -0.969. The number of hydrogen-bond acceptors (Lipinski definition) is 3. The van der Waals surface area contributed by atoms with Gasteiger partial charge in [0.25, 0.3) is 0 Å². The highest BCUT2D eigenvalue weighted by Gasteiger charge is 2.31. The molecule has 1 aliphatic heterocycles. The molecule has 0 bridgehead atoms. The third kappa shape index (κ3) is 4.64. The second-order valence-corrected chi connectivity index (χ2v) is 5.08. The van der Waals surface area contributed by atoms with Gasteiger partial charge in [-0.2, -0.15) is 0 Å². The number of amides is 1. The van der Waals surface area contributed by atoms with E-state index in [-0.39, 0.29) is 17.7 Å². The average Bonchev–Trinajstić information content (AvgIpc) is 2.36. The van der Waals surface area contributed by atoms with E-state index in [1.807, 2.05) is 13.8 Å². The van der Waals surface area contributed by atoms with Crippen LogP contribution in [0.25, 0.3) is 0 Å². The van der Waals surface area contributed by atoms with E-state index in [9.17, 15) is 14.7 Å². The van der Waals surface area contributed by atoms with Crippen LogP contribution in [0.1, 0.15) is 39.5 Å². The molecule has 5 heteroatoms. The highest BCUT2D eigenvalue weighted by atomic mass is 16.5. The minimum absolute atomic E-state index is 0.114. The predicted molar refractivity (Wildman–Crippen MR) is 67.2 cm³/mol. The number of carboxylic acids is 1. The van der Waals surface area contributed by atoms with E-state index in [1.165, 1.54) is 0 Å². The van der Waals surface area contributed by atoms with Crippen molar-refractivity contribution in [1.29, 1.82) is 0 Å². The first-order chi connectivity index (χ1) is 8.54. The normalized spacial score (nSPS) is 23.1. The molecule has 0 aromatic heterocycles. The van der Waals surface area contributed by atoms with Crippen LogP contribution in [0.4, 0.5) is 0 Å². The lowest BCUT2D eigenvalue weighted by Gasteiger charge is -2.28. The first-order valence-electron chi connectivity index (χ1n) is 6.64. The number of rotatable bonds is 6. The SMILES string of the molecule is CCC(C)CC(=O)NC(C(=O)O)C1CCCOC1. The first kappa shape index (κ1) is 15.0. The molecule has 0 spiro atoms. The molecule has 0 radical (unpaired) electrons. The fourth-order valence-electron chi connectivity index (χ4n) is 2.10. The molecule has 0 aliphatic carbocycles. The summed E-state index contributed by atoms with van der Waals surface area (Å²) in [7, 11) is 0. The molecule has 3 atom stereocenters. The highest BCUT2D eigenvalue weighted by Crippen LogP contribution is 2.18. The zero-order valence-corrected chi connectivity index (χ0v) is 11.1. The molecule has 1 saturated heterocycles. The molecule has 1 rings (SSSR count). The number of nitrogens with one attached hydrogen (secondary N) is 1. The van der Waals surface area contributed by atoms with Gasteiger partial charge in [-0.05, 0) is 18.8 Å². The van der Waals surface area contributed by atoms with E-state index in [1.54, 1.807) is 0 Å². The summed E-state index contributed by atoms with van der Waals surface area (Å²) in [6.07, 6.45) is 2.95. The summed E-state index contributed by atoms with van der Waals surface area (Å²) in [5, 5.41) is 11.8. The Morgan fingerprint density at radius 3 is 2.72 bits per heavy atom. The summed E-state index contributed by atoms with van der Waals surface area (Å²) in [5.41, 5.74) is 0. The Morgan fingerprint density at radius 1 is 1.50 bits per heavy atom. The van der Waals surface area contributed by atoms with Crippen molar-refractivity contribution in [2.45, 2.75) is 45.6 Å². The van der Waals surface area contributed by atoms with Crippen molar-refractivity contribution in [2.75, 3.05) is 13.2 Å². The van der Waals surface area contributed by atoms with Crippen molar-refractivity contribution < 1.29 is 19.4 Å². The van der Waals surface area contributed by atoms with Crippen LogP contribution in [0.15, 0.2) is 0 Å². The number of ether oxygens (including phenoxy) is 1. The standard InChI is InChI=1S/C13H23NO4/c1-3-9(2)7-11(15)14-12(13(16)17)10-5-4-6-18-8-10/h9-10,12H,3-8H2,1-2H3,(H,14,15)(H,16,17). The second-order valence-electron chi connectivity index (χ2n) is 5.08. The largest absolute Gasteiger partial charge is 0.480 e. The van der Waals surface area contributed by atoms with E-state index in [4.69, 9.17) is 4.74 Å². The van der Waals surface area contributed by atoms with Gasteiger partial charge < -0.3 is 15.2 Å². The average molecular weight is 257 g/mol. The highest BCUT2D eigenvalue weighted by molar-refractivity contribution is 5.83. The van der Waals surface area contributed by atoms with Gasteiger partial charge in [0.15, 0.2) is 0 Å². The lowest BCUT2D eigenvalue weighted by atomic mass is 9.93. The van der Waals surface area contributed by atoms with E-state index < -0.39 is 12.0 Å². The Bertz CT molecular complexity index is 287. The van der Waals surface area contributed by atoms with Gasteiger partial charge in [-0.3, -0.25) is 4.79 Å². The van der Waals surface area contributed by atoms with E-state index in [2.05, 4.69) is 5.32 Å². The van der Waals surface area contributed by atoms with Crippen molar-refractivity contribution in [3.8, 4) is 0 Å². The van der Waals surface area contributed by atoms with Gasteiger partial charge in [0.1, 0.15) is 6.04 Å². The maximum Gasteiger partial charge on any atom is 0.326 e. The van der Waals surface area contributed by atoms with Crippen molar-refractivity contribution >= 4 is 11.9 Å². The molecule has 3 unspecified atom stereocenters. The second kappa shape index (κ2) is 7.36. The van der Waals surface area contributed by atoms with Crippen LogP contribution in [0.5, 0.6) is 0 Å². The third-order valence-corrected chi connectivity index (χ3v) is 3.48.